The van der Waals surface area contributed by atoms with Gasteiger partial charge in [0, 0.05) is 14.4 Å². The Morgan fingerprint density at radius 3 is 2.23 bits per heavy atom. The van der Waals surface area contributed by atoms with Gasteiger partial charge >= 0.3 is 0 Å². The van der Waals surface area contributed by atoms with Crippen molar-refractivity contribution >= 4 is 40.2 Å². The molecule has 0 spiro atoms. The third-order valence-electron chi connectivity index (χ3n) is 2.03. The molecule has 0 aromatic heterocycles. The zero-order chi connectivity index (χ0) is 10.6. The molecular formula is C10H16BrClS. The van der Waals surface area contributed by atoms with Crippen molar-refractivity contribution in [1.29, 1.82) is 0 Å². The average Bonchev–Trinajstić information content (AvgIpc) is 2.03. The molecule has 0 saturated heterocycles. The van der Waals surface area contributed by atoms with Gasteiger partial charge in [-0.25, -0.2) is 0 Å². The maximum absolute atomic E-state index is 6.21. The number of hydrogen-bond donors (Lipinski definition) is 1. The van der Waals surface area contributed by atoms with Gasteiger partial charge < -0.3 is 0 Å². The average molecular weight is 284 g/mol. The summed E-state index contributed by atoms with van der Waals surface area (Å²) in [5.74, 6) is 0.928. The van der Waals surface area contributed by atoms with Crippen molar-refractivity contribution in [3.05, 3.63) is 21.0 Å². The molecule has 0 aliphatic rings. The van der Waals surface area contributed by atoms with E-state index in [0.29, 0.717) is 16.7 Å². The van der Waals surface area contributed by atoms with Gasteiger partial charge in [0.25, 0.3) is 0 Å². The van der Waals surface area contributed by atoms with Gasteiger partial charge in [-0.15, -0.1) is 12.6 Å². The van der Waals surface area contributed by atoms with Gasteiger partial charge in [-0.1, -0.05) is 39.0 Å². The summed E-state index contributed by atoms with van der Waals surface area (Å²) in [6, 6.07) is 0. The summed E-state index contributed by atoms with van der Waals surface area (Å²) in [6.07, 6.45) is 1.03. The molecule has 0 rings (SSSR count). The van der Waals surface area contributed by atoms with Gasteiger partial charge in [-0.2, -0.15) is 0 Å². The molecule has 0 aliphatic carbocycles. The van der Waals surface area contributed by atoms with Crippen molar-refractivity contribution in [2.75, 3.05) is 0 Å². The topological polar surface area (TPSA) is 0 Å². The predicted octanol–water partition coefficient (Wildman–Crippen LogP) is 4.96. The normalized spacial score (nSPS) is 15.6. The number of thiol groups is 1. The lowest BCUT2D eigenvalue weighted by Crippen LogP contribution is -2.08. The minimum absolute atomic E-state index is 0.389. The van der Waals surface area contributed by atoms with Crippen LogP contribution in [0.5, 0.6) is 0 Å². The smallest absolute Gasteiger partial charge is 0.0450 e. The molecule has 0 N–H and O–H groups in total. The quantitative estimate of drug-likeness (QED) is 0.547. The van der Waals surface area contributed by atoms with Crippen LogP contribution in [0.2, 0.25) is 0 Å². The Kier molecular flexibility index (Phi) is 6.44. The predicted molar refractivity (Wildman–Crippen MR) is 68.6 cm³/mol. The molecule has 0 heterocycles. The molecule has 0 aliphatic heterocycles. The lowest BCUT2D eigenvalue weighted by Gasteiger charge is -2.19. The minimum Gasteiger partial charge on any atom is -0.143 e. The fourth-order valence-electron chi connectivity index (χ4n) is 1.24. The molecule has 0 bridgehead atoms. The van der Waals surface area contributed by atoms with E-state index in [1.165, 1.54) is 0 Å². The number of rotatable bonds is 4. The summed E-state index contributed by atoms with van der Waals surface area (Å²) >= 11 is 13.8. The Morgan fingerprint density at radius 2 is 2.00 bits per heavy atom. The number of halogens is 2. The zero-order valence-electron chi connectivity index (χ0n) is 8.27. The molecule has 0 amide bonds. The maximum atomic E-state index is 6.21. The van der Waals surface area contributed by atoms with Crippen LogP contribution >= 0.6 is 40.2 Å². The minimum atomic E-state index is 0.389. The third kappa shape index (κ3) is 4.09. The molecule has 3 heteroatoms. The van der Waals surface area contributed by atoms with Crippen molar-refractivity contribution in [1.82, 2.24) is 0 Å². The van der Waals surface area contributed by atoms with Gasteiger partial charge in [0.2, 0.25) is 0 Å². The van der Waals surface area contributed by atoms with Crippen LogP contribution in [0.3, 0.4) is 0 Å². The van der Waals surface area contributed by atoms with E-state index in [9.17, 15) is 0 Å². The maximum Gasteiger partial charge on any atom is 0.0450 e. The van der Waals surface area contributed by atoms with Gasteiger partial charge in [-0.05, 0) is 34.2 Å². The standard InChI is InChI=1S/C10H16BrClS/c1-5-8(6(2)3)10(12)9(11)7(4)13/h6,8,13H,4-5H2,1-3H3/b10-9-. The monoisotopic (exact) mass is 282 g/mol. The first-order chi connectivity index (χ1) is 5.91. The third-order valence-corrected chi connectivity index (χ3v) is 4.17. The van der Waals surface area contributed by atoms with Crippen molar-refractivity contribution in [2.45, 2.75) is 27.2 Å². The molecular weight excluding hydrogens is 268 g/mol. The summed E-state index contributed by atoms with van der Waals surface area (Å²) in [4.78, 5) is 0.684. The second kappa shape index (κ2) is 6.15. The van der Waals surface area contributed by atoms with Crippen LogP contribution in [0.25, 0.3) is 0 Å². The van der Waals surface area contributed by atoms with E-state index in [1.807, 2.05) is 0 Å². The van der Waals surface area contributed by atoms with Crippen molar-refractivity contribution in [3.63, 3.8) is 0 Å². The first-order valence-electron chi connectivity index (χ1n) is 4.35. The Labute approximate surface area is 100.0 Å². The molecule has 0 saturated carbocycles. The second-order valence-corrected chi connectivity index (χ2v) is 5.11. The lowest BCUT2D eigenvalue weighted by atomic mass is 9.92. The molecule has 0 aromatic rings. The van der Waals surface area contributed by atoms with Gasteiger partial charge in [0.05, 0.1) is 0 Å². The van der Waals surface area contributed by atoms with E-state index in [4.69, 9.17) is 11.6 Å². The highest BCUT2D eigenvalue weighted by Gasteiger charge is 2.17. The Morgan fingerprint density at radius 1 is 1.54 bits per heavy atom. The Balaban J connectivity index is 4.81. The summed E-state index contributed by atoms with van der Waals surface area (Å²) in [7, 11) is 0. The van der Waals surface area contributed by atoms with Crippen LogP contribution in [0.4, 0.5) is 0 Å². The Hall–Kier alpha value is 0.600. The molecule has 0 nitrogen and oxygen atoms in total. The lowest BCUT2D eigenvalue weighted by molar-refractivity contribution is 0.445. The van der Waals surface area contributed by atoms with E-state index < -0.39 is 0 Å². The van der Waals surface area contributed by atoms with Crippen LogP contribution in [-0.4, -0.2) is 0 Å². The number of allylic oxidation sites excluding steroid dienone is 2. The van der Waals surface area contributed by atoms with Crippen molar-refractivity contribution < 1.29 is 0 Å². The SMILES string of the molecule is C=C(S)/C(Br)=C(/Cl)C(CC)C(C)C. The van der Waals surface area contributed by atoms with Crippen LogP contribution < -0.4 is 0 Å². The van der Waals surface area contributed by atoms with Gasteiger partial charge in [0.15, 0.2) is 0 Å². The number of hydrogen-bond acceptors (Lipinski definition) is 1. The molecule has 0 radical (unpaired) electrons. The van der Waals surface area contributed by atoms with Crippen molar-refractivity contribution in [2.24, 2.45) is 11.8 Å². The molecule has 1 atom stereocenters. The Bertz CT molecular complexity index is 221. The molecule has 1 unspecified atom stereocenters. The largest absolute Gasteiger partial charge is 0.143 e. The molecule has 76 valence electrons. The fourth-order valence-corrected chi connectivity index (χ4v) is 2.24. The summed E-state index contributed by atoms with van der Waals surface area (Å²) in [5, 5.41) is 0.831. The first kappa shape index (κ1) is 13.6. The summed E-state index contributed by atoms with van der Waals surface area (Å²) in [5.41, 5.74) is 0. The van der Waals surface area contributed by atoms with Crippen LogP contribution in [0, 0.1) is 11.8 Å². The first-order valence-corrected chi connectivity index (χ1v) is 5.97. The summed E-state index contributed by atoms with van der Waals surface area (Å²) < 4.78 is 0.832. The van der Waals surface area contributed by atoms with Crippen LogP contribution in [0.15, 0.2) is 21.0 Å². The fraction of sp³-hybridized carbons (Fsp3) is 0.600. The molecule has 0 fully saturated rings. The van der Waals surface area contributed by atoms with E-state index in [2.05, 4.69) is 55.9 Å². The highest BCUT2D eigenvalue weighted by Crippen LogP contribution is 2.35. The van der Waals surface area contributed by atoms with E-state index in [-0.39, 0.29) is 0 Å². The van der Waals surface area contributed by atoms with E-state index in [0.717, 1.165) is 15.9 Å². The van der Waals surface area contributed by atoms with Crippen molar-refractivity contribution in [3.8, 4) is 0 Å². The van der Waals surface area contributed by atoms with Gasteiger partial charge in [0.1, 0.15) is 0 Å². The zero-order valence-corrected chi connectivity index (χ0v) is 11.5. The van der Waals surface area contributed by atoms with E-state index >= 15 is 0 Å². The van der Waals surface area contributed by atoms with Crippen LogP contribution in [-0.2, 0) is 0 Å². The molecule has 0 aromatic carbocycles. The van der Waals surface area contributed by atoms with E-state index in [1.54, 1.807) is 0 Å². The second-order valence-electron chi connectivity index (χ2n) is 3.37. The van der Waals surface area contributed by atoms with Gasteiger partial charge in [-0.3, -0.25) is 0 Å². The molecule has 13 heavy (non-hydrogen) atoms. The van der Waals surface area contributed by atoms with Crippen LogP contribution in [0.1, 0.15) is 27.2 Å². The highest BCUT2D eigenvalue weighted by atomic mass is 79.9. The highest BCUT2D eigenvalue weighted by molar-refractivity contribution is 9.12. The summed E-state index contributed by atoms with van der Waals surface area (Å²) in [6.45, 7) is 10.2.